The van der Waals surface area contributed by atoms with Crippen molar-refractivity contribution in [2.75, 3.05) is 63.1 Å². The molecule has 2 N–H and O–H groups in total. The maximum atomic E-state index is 12.8. The van der Waals surface area contributed by atoms with Crippen LogP contribution in [-0.2, 0) is 4.79 Å². The lowest BCUT2D eigenvalue weighted by Gasteiger charge is -2.39. The summed E-state index contributed by atoms with van der Waals surface area (Å²) in [7, 11) is 1.88. The number of piperazine rings is 1. The molecule has 4 rings (SSSR count). The van der Waals surface area contributed by atoms with Crippen LogP contribution in [0.1, 0.15) is 19.9 Å². The summed E-state index contributed by atoms with van der Waals surface area (Å²) in [6.45, 7) is 8.65. The zero-order chi connectivity index (χ0) is 21.4. The minimum absolute atomic E-state index is 0.0324. The molecule has 2 aliphatic rings. The Morgan fingerprint density at radius 2 is 1.87 bits per heavy atom. The number of hydrogen-bond donors (Lipinski definition) is 2. The molecule has 0 unspecified atom stereocenters. The lowest BCUT2D eigenvalue weighted by Crippen LogP contribution is -2.57. The van der Waals surface area contributed by atoms with E-state index in [1.165, 1.54) is 0 Å². The number of β-amino-alcohol motifs (C(OH)–C–C–N with tert-alkyl or cyclic N) is 1. The third-order valence-electron chi connectivity index (χ3n) is 6.16. The second kappa shape index (κ2) is 8.28. The highest BCUT2D eigenvalue weighted by molar-refractivity contribution is 5.95. The summed E-state index contributed by atoms with van der Waals surface area (Å²) in [5.74, 6) is 0.0968. The second-order valence-corrected chi connectivity index (χ2v) is 8.54. The molecule has 0 bridgehead atoms. The highest BCUT2D eigenvalue weighted by Crippen LogP contribution is 2.27. The van der Waals surface area contributed by atoms with Crippen LogP contribution in [-0.4, -0.2) is 84.3 Å². The van der Waals surface area contributed by atoms with Crippen molar-refractivity contribution < 1.29 is 9.90 Å². The smallest absolute Gasteiger partial charge is 0.258 e. The first-order chi connectivity index (χ1) is 14.4. The summed E-state index contributed by atoms with van der Waals surface area (Å²) in [6.07, 6.45) is 1.54. The number of carbonyl (C=O) groups is 1. The number of aliphatic hydroxyl groups is 1. The first-order valence-corrected chi connectivity index (χ1v) is 10.7. The lowest BCUT2D eigenvalue weighted by atomic mass is 10.1. The molecule has 0 atom stereocenters. The third-order valence-corrected chi connectivity index (χ3v) is 6.16. The fraction of sp³-hybridized carbons (Fsp3) is 0.545. The van der Waals surface area contributed by atoms with Crippen LogP contribution in [0, 0.1) is 0 Å². The zero-order valence-electron chi connectivity index (χ0n) is 18.0. The number of aliphatic hydroxyl groups excluding tert-OH is 1. The van der Waals surface area contributed by atoms with Crippen molar-refractivity contribution in [1.29, 1.82) is 0 Å². The largest absolute Gasteiger partial charge is 0.389 e. The number of rotatable bonds is 5. The molecule has 30 heavy (non-hydrogen) atoms. The van der Waals surface area contributed by atoms with Crippen molar-refractivity contribution in [1.82, 2.24) is 14.4 Å². The maximum Gasteiger partial charge on any atom is 0.258 e. The van der Waals surface area contributed by atoms with E-state index in [-0.39, 0.29) is 23.6 Å². The van der Waals surface area contributed by atoms with E-state index in [2.05, 4.69) is 21.2 Å². The Morgan fingerprint density at radius 1 is 1.17 bits per heavy atom. The number of hydrogen-bond acceptors (Lipinski definition) is 6. The van der Waals surface area contributed by atoms with Crippen molar-refractivity contribution in [3.8, 4) is 0 Å². The Kier molecular flexibility index (Phi) is 5.71. The number of fused-ring (bicyclic) bond motifs is 1. The highest BCUT2D eigenvalue weighted by Gasteiger charge is 2.30. The van der Waals surface area contributed by atoms with Crippen molar-refractivity contribution >= 4 is 28.1 Å². The van der Waals surface area contributed by atoms with Gasteiger partial charge in [0.1, 0.15) is 0 Å². The first kappa shape index (κ1) is 20.7. The molecule has 0 spiro atoms. The van der Waals surface area contributed by atoms with Gasteiger partial charge < -0.3 is 24.8 Å². The number of nitrogens with zero attached hydrogens (tertiary/aromatic N) is 4. The molecule has 8 heteroatoms. The monoisotopic (exact) mass is 413 g/mol. The second-order valence-electron chi connectivity index (χ2n) is 8.54. The minimum Gasteiger partial charge on any atom is -0.389 e. The summed E-state index contributed by atoms with van der Waals surface area (Å²) >= 11 is 0. The summed E-state index contributed by atoms with van der Waals surface area (Å²) < 4.78 is 1.76. The van der Waals surface area contributed by atoms with Gasteiger partial charge in [-0.1, -0.05) is 0 Å². The minimum atomic E-state index is -0.356. The van der Waals surface area contributed by atoms with Crippen LogP contribution in [0.5, 0.6) is 0 Å². The average molecular weight is 414 g/mol. The van der Waals surface area contributed by atoms with Crippen molar-refractivity contribution in [3.63, 3.8) is 0 Å². The van der Waals surface area contributed by atoms with E-state index in [0.29, 0.717) is 19.6 Å². The number of amides is 1. The summed E-state index contributed by atoms with van der Waals surface area (Å²) in [6, 6.07) is 6.15. The van der Waals surface area contributed by atoms with E-state index >= 15 is 0 Å². The van der Waals surface area contributed by atoms with Gasteiger partial charge in [0.05, 0.1) is 18.3 Å². The first-order valence-electron chi connectivity index (χ1n) is 10.7. The molecule has 2 aromatic rings. The van der Waals surface area contributed by atoms with Crippen LogP contribution >= 0.6 is 0 Å². The lowest BCUT2D eigenvalue weighted by molar-refractivity contribution is -0.142. The van der Waals surface area contributed by atoms with Crippen LogP contribution in [0.15, 0.2) is 29.2 Å². The Labute approximate surface area is 176 Å². The van der Waals surface area contributed by atoms with Crippen LogP contribution in [0.4, 0.5) is 11.4 Å². The van der Waals surface area contributed by atoms with Crippen molar-refractivity contribution in [3.05, 3.63) is 34.7 Å². The Morgan fingerprint density at radius 3 is 2.47 bits per heavy atom. The average Bonchev–Trinajstić information content (AvgIpc) is 2.71. The summed E-state index contributed by atoms with van der Waals surface area (Å²) in [5.41, 5.74) is 2.07. The standard InChI is InChI=1S/C22H31N5O3/c1-15(2)27-13-20(23-3)19-10-16(4-5-18(19)22(27)30)25-8-6-24(7-9-25)14-21(29)26-11-17(28)12-26/h4-5,10,13,15,17,23,28H,6-9,11-12,14H2,1-3H3. The molecule has 8 nitrogen and oxygen atoms in total. The van der Waals surface area contributed by atoms with Gasteiger partial charge in [0.15, 0.2) is 0 Å². The Bertz CT molecular complexity index is 988. The fourth-order valence-electron chi connectivity index (χ4n) is 4.24. The highest BCUT2D eigenvalue weighted by atomic mass is 16.3. The van der Waals surface area contributed by atoms with E-state index < -0.39 is 0 Å². The SMILES string of the molecule is CNc1cn(C(C)C)c(=O)c2ccc(N3CCN(CC(=O)N4CC(O)C4)CC3)cc12. The van der Waals surface area contributed by atoms with Gasteiger partial charge >= 0.3 is 0 Å². The molecule has 3 heterocycles. The number of aromatic nitrogens is 1. The van der Waals surface area contributed by atoms with E-state index in [1.807, 2.05) is 39.2 Å². The molecule has 162 valence electrons. The number of benzene rings is 1. The van der Waals surface area contributed by atoms with Gasteiger partial charge in [-0.15, -0.1) is 0 Å². The van der Waals surface area contributed by atoms with E-state index in [9.17, 15) is 14.7 Å². The van der Waals surface area contributed by atoms with Gasteiger partial charge in [0.2, 0.25) is 5.91 Å². The number of anilines is 2. The van der Waals surface area contributed by atoms with Crippen molar-refractivity contribution in [2.45, 2.75) is 26.0 Å². The Hall–Kier alpha value is -2.58. The summed E-state index contributed by atoms with van der Waals surface area (Å²) in [4.78, 5) is 31.3. The molecule has 2 aliphatic heterocycles. The molecular weight excluding hydrogens is 382 g/mol. The zero-order valence-corrected chi connectivity index (χ0v) is 18.0. The predicted octanol–water partition coefficient (Wildman–Crippen LogP) is 0.949. The predicted molar refractivity (Wildman–Crippen MR) is 119 cm³/mol. The molecule has 2 fully saturated rings. The quantitative estimate of drug-likeness (QED) is 0.760. The normalized spacial score (nSPS) is 18.2. The van der Waals surface area contributed by atoms with Gasteiger partial charge in [-0.3, -0.25) is 14.5 Å². The van der Waals surface area contributed by atoms with Gasteiger partial charge in [-0.05, 0) is 32.0 Å². The van der Waals surface area contributed by atoms with Gasteiger partial charge in [0.25, 0.3) is 5.56 Å². The van der Waals surface area contributed by atoms with Gasteiger partial charge in [-0.25, -0.2) is 0 Å². The molecule has 1 aromatic carbocycles. The van der Waals surface area contributed by atoms with E-state index in [4.69, 9.17) is 0 Å². The summed E-state index contributed by atoms with van der Waals surface area (Å²) in [5, 5.41) is 14.3. The van der Waals surface area contributed by atoms with Crippen molar-refractivity contribution in [2.24, 2.45) is 0 Å². The molecule has 0 radical (unpaired) electrons. The van der Waals surface area contributed by atoms with E-state index in [0.717, 1.165) is 48.3 Å². The number of pyridine rings is 1. The maximum absolute atomic E-state index is 12.8. The van der Waals surface area contributed by atoms with Gasteiger partial charge in [0, 0.05) is 75.0 Å². The molecule has 0 saturated carbocycles. The van der Waals surface area contributed by atoms with E-state index in [1.54, 1.807) is 9.47 Å². The molecule has 1 amide bonds. The molecular formula is C22H31N5O3. The van der Waals surface area contributed by atoms with Gasteiger partial charge in [-0.2, -0.15) is 0 Å². The van der Waals surface area contributed by atoms with Crippen LogP contribution < -0.4 is 15.8 Å². The topological polar surface area (TPSA) is 81.1 Å². The number of nitrogens with one attached hydrogen (secondary N) is 1. The number of likely N-dealkylation sites (tertiary alicyclic amines) is 1. The molecule has 2 saturated heterocycles. The molecule has 0 aliphatic carbocycles. The fourth-order valence-corrected chi connectivity index (χ4v) is 4.24. The van der Waals surface area contributed by atoms with Crippen LogP contribution in [0.25, 0.3) is 10.8 Å². The van der Waals surface area contributed by atoms with Crippen LogP contribution in [0.3, 0.4) is 0 Å². The van der Waals surface area contributed by atoms with Crippen LogP contribution in [0.2, 0.25) is 0 Å². The third kappa shape index (κ3) is 3.89. The number of carbonyl (C=O) groups excluding carboxylic acids is 1. The molecule has 1 aromatic heterocycles. The Balaban J connectivity index is 1.47.